The predicted octanol–water partition coefficient (Wildman–Crippen LogP) is 4.10. The van der Waals surface area contributed by atoms with Gasteiger partial charge in [-0.1, -0.05) is 0 Å². The SMILES string of the molecule is Cc1nn(-c2ccc(F)cc2)c(C)c1/C=C/C(=O)OCC(=O)Nc1cc(F)cc(F)c1. The van der Waals surface area contributed by atoms with Gasteiger partial charge in [-0.05, 0) is 56.3 Å². The van der Waals surface area contributed by atoms with E-state index >= 15 is 0 Å². The number of halogens is 3. The van der Waals surface area contributed by atoms with Crippen LogP contribution in [0, 0.1) is 31.3 Å². The highest BCUT2D eigenvalue weighted by atomic mass is 19.1. The molecule has 0 saturated carbocycles. The fourth-order valence-electron chi connectivity index (χ4n) is 2.89. The Balaban J connectivity index is 1.61. The average Bonchev–Trinajstić information content (AvgIpc) is 2.98. The largest absolute Gasteiger partial charge is 0.452 e. The van der Waals surface area contributed by atoms with Gasteiger partial charge in [0.05, 0.1) is 11.4 Å². The van der Waals surface area contributed by atoms with Crippen LogP contribution in [0.5, 0.6) is 0 Å². The van der Waals surface area contributed by atoms with Gasteiger partial charge in [-0.2, -0.15) is 5.10 Å². The third-order valence-electron chi connectivity index (χ3n) is 4.30. The van der Waals surface area contributed by atoms with Crippen LogP contribution in [0.3, 0.4) is 0 Å². The van der Waals surface area contributed by atoms with E-state index in [-0.39, 0.29) is 11.5 Å². The minimum absolute atomic E-state index is 0.0893. The quantitative estimate of drug-likeness (QED) is 0.473. The van der Waals surface area contributed by atoms with Crippen LogP contribution in [0.15, 0.2) is 48.5 Å². The van der Waals surface area contributed by atoms with Crippen LogP contribution >= 0.6 is 0 Å². The Hall–Kier alpha value is -3.88. The van der Waals surface area contributed by atoms with Gasteiger partial charge < -0.3 is 10.1 Å². The number of rotatable bonds is 6. The summed E-state index contributed by atoms with van der Waals surface area (Å²) in [6.07, 6.45) is 2.64. The summed E-state index contributed by atoms with van der Waals surface area (Å²) in [5.41, 5.74) is 2.60. The van der Waals surface area contributed by atoms with Crippen molar-refractivity contribution in [2.45, 2.75) is 13.8 Å². The molecule has 1 heterocycles. The smallest absolute Gasteiger partial charge is 0.331 e. The second-order valence-corrected chi connectivity index (χ2v) is 6.62. The molecule has 2 aromatic carbocycles. The molecular formula is C22H18F3N3O3. The van der Waals surface area contributed by atoms with E-state index in [1.807, 2.05) is 0 Å². The zero-order chi connectivity index (χ0) is 22.5. The summed E-state index contributed by atoms with van der Waals surface area (Å²) in [4.78, 5) is 23.7. The molecule has 6 nitrogen and oxygen atoms in total. The Labute approximate surface area is 176 Å². The van der Waals surface area contributed by atoms with Crippen LogP contribution in [0.4, 0.5) is 18.9 Å². The Bertz CT molecular complexity index is 1130. The van der Waals surface area contributed by atoms with Gasteiger partial charge in [-0.3, -0.25) is 4.79 Å². The summed E-state index contributed by atoms with van der Waals surface area (Å²) in [7, 11) is 0. The van der Waals surface area contributed by atoms with Gasteiger partial charge in [-0.15, -0.1) is 0 Å². The maximum absolute atomic E-state index is 13.1. The molecular weight excluding hydrogens is 411 g/mol. The average molecular weight is 429 g/mol. The number of hydrogen-bond donors (Lipinski definition) is 1. The fourth-order valence-corrected chi connectivity index (χ4v) is 2.89. The number of anilines is 1. The van der Waals surface area contributed by atoms with Crippen molar-refractivity contribution in [1.82, 2.24) is 9.78 Å². The molecule has 0 bridgehead atoms. The maximum Gasteiger partial charge on any atom is 0.331 e. The van der Waals surface area contributed by atoms with Crippen molar-refractivity contribution in [3.8, 4) is 5.69 Å². The normalized spacial score (nSPS) is 11.0. The van der Waals surface area contributed by atoms with Gasteiger partial charge >= 0.3 is 5.97 Å². The lowest BCUT2D eigenvalue weighted by molar-refractivity contribution is -0.142. The van der Waals surface area contributed by atoms with Crippen molar-refractivity contribution in [3.05, 3.63) is 82.9 Å². The highest BCUT2D eigenvalue weighted by Crippen LogP contribution is 2.19. The lowest BCUT2D eigenvalue weighted by Gasteiger charge is -2.06. The first-order valence-corrected chi connectivity index (χ1v) is 9.16. The van der Waals surface area contributed by atoms with E-state index in [0.29, 0.717) is 23.0 Å². The van der Waals surface area contributed by atoms with Gasteiger partial charge in [0.25, 0.3) is 5.91 Å². The number of aromatic nitrogens is 2. The van der Waals surface area contributed by atoms with E-state index in [9.17, 15) is 22.8 Å². The molecule has 0 fully saturated rings. The lowest BCUT2D eigenvalue weighted by Crippen LogP contribution is -2.20. The van der Waals surface area contributed by atoms with E-state index in [2.05, 4.69) is 10.4 Å². The van der Waals surface area contributed by atoms with E-state index in [1.165, 1.54) is 18.2 Å². The van der Waals surface area contributed by atoms with Crippen molar-refractivity contribution in [3.63, 3.8) is 0 Å². The highest BCUT2D eigenvalue weighted by molar-refractivity contribution is 5.94. The molecule has 1 amide bonds. The van der Waals surface area contributed by atoms with Crippen LogP contribution in [0.1, 0.15) is 17.0 Å². The van der Waals surface area contributed by atoms with Crippen LogP contribution < -0.4 is 5.32 Å². The first-order chi connectivity index (χ1) is 14.7. The summed E-state index contributed by atoms with van der Waals surface area (Å²) >= 11 is 0. The molecule has 3 aromatic rings. The molecule has 0 radical (unpaired) electrons. The number of benzene rings is 2. The minimum Gasteiger partial charge on any atom is -0.452 e. The maximum atomic E-state index is 13.1. The molecule has 1 aromatic heterocycles. The monoisotopic (exact) mass is 429 g/mol. The Morgan fingerprint density at radius 3 is 2.32 bits per heavy atom. The van der Waals surface area contributed by atoms with Gasteiger partial charge in [0.2, 0.25) is 0 Å². The third kappa shape index (κ3) is 5.59. The molecule has 1 N–H and O–H groups in total. The van der Waals surface area contributed by atoms with Gasteiger partial charge in [-0.25, -0.2) is 22.6 Å². The summed E-state index contributed by atoms with van der Waals surface area (Å²) in [5, 5.41) is 6.62. The number of hydrogen-bond acceptors (Lipinski definition) is 4. The molecule has 0 aliphatic heterocycles. The number of esters is 1. The molecule has 160 valence electrons. The molecule has 0 spiro atoms. The summed E-state index contributed by atoms with van der Waals surface area (Å²) < 4.78 is 45.9. The number of carbonyl (C=O) groups is 2. The second-order valence-electron chi connectivity index (χ2n) is 6.62. The Morgan fingerprint density at radius 2 is 1.68 bits per heavy atom. The van der Waals surface area contributed by atoms with E-state index in [1.54, 1.807) is 30.7 Å². The van der Waals surface area contributed by atoms with E-state index < -0.39 is 30.1 Å². The van der Waals surface area contributed by atoms with Crippen molar-refractivity contribution in [1.29, 1.82) is 0 Å². The molecule has 0 unspecified atom stereocenters. The molecule has 9 heteroatoms. The zero-order valence-electron chi connectivity index (χ0n) is 16.7. The van der Waals surface area contributed by atoms with Crippen molar-refractivity contribution in [2.75, 3.05) is 11.9 Å². The molecule has 0 aliphatic carbocycles. The molecule has 0 saturated heterocycles. The standard InChI is InChI=1S/C22H18F3N3O3/c1-13-20(14(2)28(27-13)19-5-3-15(23)4-6-19)7-8-22(30)31-12-21(29)26-18-10-16(24)9-17(25)11-18/h3-11H,12H2,1-2H3,(H,26,29)/b8-7+. The van der Waals surface area contributed by atoms with Gasteiger partial charge in [0, 0.05) is 29.1 Å². The Kier molecular flexibility index (Phi) is 6.54. The number of ether oxygens (including phenoxy) is 1. The topological polar surface area (TPSA) is 73.2 Å². The second kappa shape index (κ2) is 9.29. The van der Waals surface area contributed by atoms with Crippen molar-refractivity contribution in [2.24, 2.45) is 0 Å². The van der Waals surface area contributed by atoms with Crippen LogP contribution in [0.25, 0.3) is 11.8 Å². The van der Waals surface area contributed by atoms with E-state index in [0.717, 1.165) is 23.9 Å². The van der Waals surface area contributed by atoms with Crippen LogP contribution in [-0.2, 0) is 14.3 Å². The van der Waals surface area contributed by atoms with Crippen molar-refractivity contribution < 1.29 is 27.5 Å². The zero-order valence-corrected chi connectivity index (χ0v) is 16.7. The number of carbonyl (C=O) groups excluding carboxylic acids is 2. The molecule has 3 rings (SSSR count). The van der Waals surface area contributed by atoms with Gasteiger partial charge in [0.1, 0.15) is 17.5 Å². The molecule has 31 heavy (non-hydrogen) atoms. The van der Waals surface area contributed by atoms with Crippen LogP contribution in [-0.4, -0.2) is 28.3 Å². The Morgan fingerprint density at radius 1 is 1.03 bits per heavy atom. The summed E-state index contributed by atoms with van der Waals surface area (Å²) in [5.74, 6) is -3.58. The lowest BCUT2D eigenvalue weighted by atomic mass is 10.2. The predicted molar refractivity (Wildman–Crippen MR) is 108 cm³/mol. The van der Waals surface area contributed by atoms with Crippen molar-refractivity contribution >= 4 is 23.6 Å². The summed E-state index contributed by atoms with van der Waals surface area (Å²) in [6, 6.07) is 8.35. The first kappa shape index (κ1) is 21.8. The minimum atomic E-state index is -0.845. The van der Waals surface area contributed by atoms with Crippen LogP contribution in [0.2, 0.25) is 0 Å². The number of aryl methyl sites for hydroxylation is 1. The first-order valence-electron chi connectivity index (χ1n) is 9.16. The third-order valence-corrected chi connectivity index (χ3v) is 4.30. The number of amides is 1. The number of nitrogens with zero attached hydrogens (tertiary/aromatic N) is 2. The molecule has 0 aliphatic rings. The van der Waals surface area contributed by atoms with Gasteiger partial charge in [0.15, 0.2) is 6.61 Å². The highest BCUT2D eigenvalue weighted by Gasteiger charge is 2.12. The van der Waals surface area contributed by atoms with E-state index in [4.69, 9.17) is 4.74 Å². The molecule has 0 atom stereocenters. The summed E-state index contributed by atoms with van der Waals surface area (Å²) in [6.45, 7) is 2.91. The fraction of sp³-hybridized carbons (Fsp3) is 0.136. The number of nitrogens with one attached hydrogen (secondary N) is 1.